The molecule has 0 aromatic carbocycles. The number of carbonyl (C=O) groups is 1. The second-order valence-corrected chi connectivity index (χ2v) is 4.53. The van der Waals surface area contributed by atoms with Crippen LogP contribution in [0.2, 0.25) is 0 Å². The van der Waals surface area contributed by atoms with Gasteiger partial charge >= 0.3 is 12.1 Å². The van der Waals surface area contributed by atoms with Crippen molar-refractivity contribution in [3.05, 3.63) is 0 Å². The fraction of sp³-hybridized carbons (Fsp3) is 0.909. The van der Waals surface area contributed by atoms with Gasteiger partial charge in [-0.1, -0.05) is 0 Å². The molecule has 4 nitrogen and oxygen atoms in total. The maximum Gasteiger partial charge on any atom is 0.389 e. The average molecular weight is 269 g/mol. The number of carboxylic acids is 1. The fourth-order valence-corrected chi connectivity index (χ4v) is 2.04. The summed E-state index contributed by atoms with van der Waals surface area (Å²) in [6.07, 6.45) is -5.50. The van der Waals surface area contributed by atoms with Crippen molar-refractivity contribution in [3.63, 3.8) is 0 Å². The predicted molar refractivity (Wildman–Crippen MR) is 58.3 cm³/mol. The van der Waals surface area contributed by atoms with Crippen molar-refractivity contribution >= 4 is 5.97 Å². The number of carboxylic acid groups (broad SMARTS) is 1. The van der Waals surface area contributed by atoms with Crippen molar-refractivity contribution in [3.8, 4) is 0 Å². The monoisotopic (exact) mass is 269 g/mol. The zero-order valence-corrected chi connectivity index (χ0v) is 10.1. The van der Waals surface area contributed by atoms with E-state index in [4.69, 9.17) is 9.84 Å². The molecule has 0 aromatic heterocycles. The summed E-state index contributed by atoms with van der Waals surface area (Å²) in [7, 11) is 0. The lowest BCUT2D eigenvalue weighted by molar-refractivity contribution is -0.151. The van der Waals surface area contributed by atoms with Gasteiger partial charge in [0.1, 0.15) is 0 Å². The van der Waals surface area contributed by atoms with E-state index in [1.54, 1.807) is 0 Å². The fourth-order valence-electron chi connectivity index (χ4n) is 2.04. The topological polar surface area (TPSA) is 49.8 Å². The van der Waals surface area contributed by atoms with E-state index in [2.05, 4.69) is 0 Å². The van der Waals surface area contributed by atoms with E-state index in [0.717, 1.165) is 0 Å². The van der Waals surface area contributed by atoms with Crippen molar-refractivity contribution in [1.29, 1.82) is 0 Å². The number of nitrogens with zero attached hydrogens (tertiary/aromatic N) is 1. The van der Waals surface area contributed by atoms with E-state index < -0.39 is 30.9 Å². The molecule has 0 aromatic rings. The number of aliphatic carboxylic acids is 1. The standard InChI is InChI=1S/C11H18F3NO3/c12-11(13,14)8-9(7-10(16)17)1-2-15-3-5-18-6-4-15/h9H,1-8H2,(H,16,17). The summed E-state index contributed by atoms with van der Waals surface area (Å²) in [5, 5.41) is 8.62. The largest absolute Gasteiger partial charge is 0.481 e. The van der Waals surface area contributed by atoms with Gasteiger partial charge < -0.3 is 9.84 Å². The number of hydrogen-bond donors (Lipinski definition) is 1. The first-order valence-electron chi connectivity index (χ1n) is 5.95. The van der Waals surface area contributed by atoms with E-state index in [9.17, 15) is 18.0 Å². The summed E-state index contributed by atoms with van der Waals surface area (Å²) in [5.74, 6) is -2.02. The molecule has 1 aliphatic rings. The van der Waals surface area contributed by atoms with Gasteiger partial charge in [-0.25, -0.2) is 0 Å². The minimum Gasteiger partial charge on any atom is -0.481 e. The van der Waals surface area contributed by atoms with Crippen molar-refractivity contribution in [2.45, 2.75) is 25.4 Å². The van der Waals surface area contributed by atoms with Crippen LogP contribution in [0.15, 0.2) is 0 Å². The number of rotatable bonds is 6. The van der Waals surface area contributed by atoms with Gasteiger partial charge in [0.25, 0.3) is 0 Å². The molecule has 18 heavy (non-hydrogen) atoms. The van der Waals surface area contributed by atoms with Crippen molar-refractivity contribution in [2.24, 2.45) is 5.92 Å². The first-order chi connectivity index (χ1) is 8.37. The van der Waals surface area contributed by atoms with Crippen LogP contribution in [0.3, 0.4) is 0 Å². The Kier molecular flexibility index (Phi) is 5.87. The number of hydrogen-bond acceptors (Lipinski definition) is 3. The maximum atomic E-state index is 12.3. The Morgan fingerprint density at radius 1 is 1.33 bits per heavy atom. The third kappa shape index (κ3) is 6.80. The molecule has 0 amide bonds. The van der Waals surface area contributed by atoms with E-state index in [1.165, 1.54) is 0 Å². The third-order valence-corrected chi connectivity index (χ3v) is 2.94. The molecule has 0 aliphatic carbocycles. The minimum atomic E-state index is -4.30. The summed E-state index contributed by atoms with van der Waals surface area (Å²) in [6.45, 7) is 3.07. The SMILES string of the molecule is O=C(O)CC(CCN1CCOCC1)CC(F)(F)F. The van der Waals surface area contributed by atoms with Crippen molar-refractivity contribution in [2.75, 3.05) is 32.8 Å². The van der Waals surface area contributed by atoms with Crippen LogP contribution in [0.1, 0.15) is 19.3 Å². The molecule has 1 rings (SSSR count). The molecule has 1 unspecified atom stereocenters. The Labute approximate surface area is 104 Å². The Bertz CT molecular complexity index is 265. The molecule has 1 saturated heterocycles. The first kappa shape index (κ1) is 15.2. The van der Waals surface area contributed by atoms with Crippen LogP contribution >= 0.6 is 0 Å². The number of halogens is 3. The highest BCUT2D eigenvalue weighted by atomic mass is 19.4. The van der Waals surface area contributed by atoms with E-state index in [1.807, 2.05) is 4.90 Å². The zero-order chi connectivity index (χ0) is 13.6. The number of ether oxygens (including phenoxy) is 1. The molecule has 1 N–H and O–H groups in total. The molecule has 0 saturated carbocycles. The van der Waals surface area contributed by atoms with E-state index in [-0.39, 0.29) is 6.42 Å². The van der Waals surface area contributed by atoms with Crippen LogP contribution in [0.25, 0.3) is 0 Å². The van der Waals surface area contributed by atoms with E-state index in [0.29, 0.717) is 32.8 Å². The smallest absolute Gasteiger partial charge is 0.389 e. The van der Waals surface area contributed by atoms with Gasteiger partial charge in [-0.05, 0) is 18.9 Å². The van der Waals surface area contributed by atoms with Gasteiger partial charge in [0.05, 0.1) is 13.2 Å². The summed E-state index contributed by atoms with van der Waals surface area (Å²) >= 11 is 0. The Morgan fingerprint density at radius 3 is 2.44 bits per heavy atom. The summed E-state index contributed by atoms with van der Waals surface area (Å²) < 4.78 is 42.0. The second-order valence-electron chi connectivity index (χ2n) is 4.53. The van der Waals surface area contributed by atoms with Gasteiger partial charge in [-0.15, -0.1) is 0 Å². The Hall–Kier alpha value is -0.820. The molecule has 0 radical (unpaired) electrons. The molecule has 1 atom stereocenters. The molecule has 0 bridgehead atoms. The van der Waals surface area contributed by atoms with Crippen LogP contribution in [0, 0.1) is 5.92 Å². The van der Waals surface area contributed by atoms with Gasteiger partial charge in [0.15, 0.2) is 0 Å². The first-order valence-corrected chi connectivity index (χ1v) is 5.95. The molecule has 1 heterocycles. The quantitative estimate of drug-likeness (QED) is 0.798. The molecule has 1 fully saturated rings. The molecule has 106 valence electrons. The van der Waals surface area contributed by atoms with Crippen molar-refractivity contribution < 1.29 is 27.8 Å². The van der Waals surface area contributed by atoms with Crippen molar-refractivity contribution in [1.82, 2.24) is 4.90 Å². The lowest BCUT2D eigenvalue weighted by Crippen LogP contribution is -2.37. The van der Waals surface area contributed by atoms with Crippen LogP contribution in [-0.2, 0) is 9.53 Å². The third-order valence-electron chi connectivity index (χ3n) is 2.94. The minimum absolute atomic E-state index is 0.256. The molecule has 7 heteroatoms. The van der Waals surface area contributed by atoms with Gasteiger partial charge in [-0.3, -0.25) is 9.69 Å². The number of alkyl halides is 3. The van der Waals surface area contributed by atoms with Gasteiger partial charge in [0, 0.05) is 25.9 Å². The zero-order valence-electron chi connectivity index (χ0n) is 10.1. The summed E-state index contributed by atoms with van der Waals surface area (Å²) in [5.41, 5.74) is 0. The molecule has 0 spiro atoms. The lowest BCUT2D eigenvalue weighted by Gasteiger charge is -2.28. The number of morpholine rings is 1. The molecule has 1 aliphatic heterocycles. The highest BCUT2D eigenvalue weighted by molar-refractivity contribution is 5.67. The normalized spacial score (nSPS) is 19.7. The highest BCUT2D eigenvalue weighted by Gasteiger charge is 2.32. The maximum absolute atomic E-state index is 12.3. The Balaban J connectivity index is 2.37. The lowest BCUT2D eigenvalue weighted by atomic mass is 9.97. The summed E-state index contributed by atoms with van der Waals surface area (Å²) in [6, 6.07) is 0. The predicted octanol–water partition coefficient (Wildman–Crippen LogP) is 1.75. The van der Waals surface area contributed by atoms with Gasteiger partial charge in [0.2, 0.25) is 0 Å². The van der Waals surface area contributed by atoms with Crippen LogP contribution in [-0.4, -0.2) is 55.0 Å². The highest BCUT2D eigenvalue weighted by Crippen LogP contribution is 2.28. The van der Waals surface area contributed by atoms with Crippen LogP contribution < -0.4 is 0 Å². The average Bonchev–Trinajstić information content (AvgIpc) is 2.24. The summed E-state index contributed by atoms with van der Waals surface area (Å²) in [4.78, 5) is 12.6. The Morgan fingerprint density at radius 2 is 1.94 bits per heavy atom. The second kappa shape index (κ2) is 6.94. The van der Waals surface area contributed by atoms with Gasteiger partial charge in [-0.2, -0.15) is 13.2 Å². The molecular formula is C11H18F3NO3. The molecular weight excluding hydrogens is 251 g/mol. The van der Waals surface area contributed by atoms with Crippen LogP contribution in [0.4, 0.5) is 13.2 Å². The van der Waals surface area contributed by atoms with E-state index >= 15 is 0 Å². The van der Waals surface area contributed by atoms with Crippen LogP contribution in [0.5, 0.6) is 0 Å².